The Morgan fingerprint density at radius 2 is 0.763 bits per heavy atom. The van der Waals surface area contributed by atoms with Gasteiger partial charge in [-0.3, -0.25) is 0 Å². The Morgan fingerprint density at radius 1 is 0.356 bits per heavy atom. The van der Waals surface area contributed by atoms with E-state index in [9.17, 15) is 0 Å². The van der Waals surface area contributed by atoms with Crippen molar-refractivity contribution in [2.45, 2.75) is 53.5 Å². The molecule has 59 heavy (non-hydrogen) atoms. The average molecular weight is 760 g/mol. The number of hydrogen-bond acceptors (Lipinski definition) is 0. The maximum Gasteiger partial charge on any atom is 0.0491 e. The van der Waals surface area contributed by atoms with Crippen LogP contribution in [0.3, 0.4) is 0 Å². The molecular formula is C58H49N. The molecule has 0 fully saturated rings. The van der Waals surface area contributed by atoms with Gasteiger partial charge >= 0.3 is 0 Å². The number of fused-ring (bicyclic) bond motifs is 5. The molecule has 0 saturated carbocycles. The van der Waals surface area contributed by atoms with Crippen LogP contribution in [-0.4, -0.2) is 4.57 Å². The van der Waals surface area contributed by atoms with Crippen LogP contribution in [0.4, 0.5) is 0 Å². The van der Waals surface area contributed by atoms with Crippen molar-refractivity contribution in [1.29, 1.82) is 0 Å². The van der Waals surface area contributed by atoms with Crippen molar-refractivity contribution >= 4 is 43.4 Å². The van der Waals surface area contributed by atoms with Crippen LogP contribution in [-0.2, 0) is 12.0 Å². The Labute approximate surface area is 348 Å². The monoisotopic (exact) mass is 759 g/mol. The van der Waals surface area contributed by atoms with E-state index in [1.807, 2.05) is 0 Å². The van der Waals surface area contributed by atoms with Crippen molar-refractivity contribution in [3.8, 4) is 55.6 Å². The number of aromatic nitrogens is 1. The van der Waals surface area contributed by atoms with Gasteiger partial charge in [0.1, 0.15) is 0 Å². The second-order valence-electron chi connectivity index (χ2n) is 17.4. The molecule has 1 heterocycles. The summed E-state index contributed by atoms with van der Waals surface area (Å²) in [6.45, 7) is 14.5. The van der Waals surface area contributed by atoms with Gasteiger partial charge in [-0.2, -0.15) is 0 Å². The largest absolute Gasteiger partial charge is 0.341 e. The number of benzene rings is 9. The highest BCUT2D eigenvalue weighted by Gasteiger charge is 2.20. The standard InChI is InChI=1S/C58H49N/c1-7-59-54-31-27-46(35-50(54)51-36-47(58(4,5)6)28-32-55(51)59)43-21-25-45(26-22-43)57-49-30-14-37(2)33-52(49)56(48-29-13-38(3)34-53(48)57)44-23-19-42(20-24-44)41-17-15-40(16-18-41)39-11-9-8-10-12-39/h8-36H,7H2,1-6H3. The lowest BCUT2D eigenvalue weighted by Gasteiger charge is -2.19. The van der Waals surface area contributed by atoms with Gasteiger partial charge in [0.05, 0.1) is 0 Å². The third-order valence-electron chi connectivity index (χ3n) is 12.5. The fourth-order valence-electron chi connectivity index (χ4n) is 9.31. The average Bonchev–Trinajstić information content (AvgIpc) is 3.58. The molecule has 1 nitrogen and oxygen atoms in total. The first-order valence-corrected chi connectivity index (χ1v) is 21.0. The van der Waals surface area contributed by atoms with Crippen molar-refractivity contribution in [1.82, 2.24) is 4.57 Å². The summed E-state index contributed by atoms with van der Waals surface area (Å²) >= 11 is 0. The molecule has 286 valence electrons. The third-order valence-corrected chi connectivity index (χ3v) is 12.5. The molecule has 0 atom stereocenters. The van der Waals surface area contributed by atoms with Crippen molar-refractivity contribution in [3.05, 3.63) is 193 Å². The second kappa shape index (κ2) is 14.3. The second-order valence-corrected chi connectivity index (χ2v) is 17.4. The topological polar surface area (TPSA) is 4.93 Å². The quantitative estimate of drug-likeness (QED) is 0.149. The first kappa shape index (κ1) is 36.6. The van der Waals surface area contributed by atoms with E-state index < -0.39 is 0 Å². The van der Waals surface area contributed by atoms with Gasteiger partial charge in [0.2, 0.25) is 0 Å². The van der Waals surface area contributed by atoms with E-state index >= 15 is 0 Å². The molecule has 1 heteroatoms. The lowest BCUT2D eigenvalue weighted by atomic mass is 9.84. The summed E-state index contributed by atoms with van der Waals surface area (Å²) in [7, 11) is 0. The van der Waals surface area contributed by atoms with E-state index in [4.69, 9.17) is 0 Å². The molecule has 1 aromatic heterocycles. The summed E-state index contributed by atoms with van der Waals surface area (Å²) in [5, 5.41) is 7.78. The summed E-state index contributed by atoms with van der Waals surface area (Å²) in [5.41, 5.74) is 19.0. The van der Waals surface area contributed by atoms with Crippen molar-refractivity contribution in [2.75, 3.05) is 0 Å². The summed E-state index contributed by atoms with van der Waals surface area (Å²) in [6.07, 6.45) is 0. The van der Waals surface area contributed by atoms with E-state index in [2.05, 4.69) is 222 Å². The fourth-order valence-corrected chi connectivity index (χ4v) is 9.31. The number of hydrogen-bond donors (Lipinski definition) is 0. The van der Waals surface area contributed by atoms with Crippen LogP contribution >= 0.6 is 0 Å². The predicted octanol–water partition coefficient (Wildman–Crippen LogP) is 16.4. The van der Waals surface area contributed by atoms with Crippen LogP contribution in [0.2, 0.25) is 0 Å². The first-order valence-electron chi connectivity index (χ1n) is 21.0. The molecule has 0 saturated heterocycles. The summed E-state index contributed by atoms with van der Waals surface area (Å²) in [6, 6.07) is 66.0. The predicted molar refractivity (Wildman–Crippen MR) is 255 cm³/mol. The Hall–Kier alpha value is -6.70. The highest BCUT2D eigenvalue weighted by atomic mass is 15.0. The van der Waals surface area contributed by atoms with Crippen LogP contribution in [0.15, 0.2) is 176 Å². The summed E-state index contributed by atoms with van der Waals surface area (Å²) in [4.78, 5) is 0. The van der Waals surface area contributed by atoms with E-state index in [-0.39, 0.29) is 5.41 Å². The van der Waals surface area contributed by atoms with Crippen molar-refractivity contribution in [2.24, 2.45) is 0 Å². The van der Waals surface area contributed by atoms with Crippen LogP contribution in [0.25, 0.3) is 99.0 Å². The third kappa shape index (κ3) is 6.43. The van der Waals surface area contributed by atoms with E-state index in [0.29, 0.717) is 0 Å². The zero-order valence-corrected chi connectivity index (χ0v) is 34.9. The molecule has 9 aromatic carbocycles. The SMILES string of the molecule is CCn1c2ccc(-c3ccc(-c4c5ccc(C)cc5c(-c5ccc(-c6ccc(-c7ccccc7)cc6)cc5)c5ccc(C)cc45)cc3)cc2c2cc(C(C)(C)C)ccc21. The molecule has 0 spiro atoms. The lowest BCUT2D eigenvalue weighted by molar-refractivity contribution is 0.591. The molecule has 0 aliphatic carbocycles. The van der Waals surface area contributed by atoms with Crippen LogP contribution in [0.1, 0.15) is 44.4 Å². The highest BCUT2D eigenvalue weighted by molar-refractivity contribution is 6.21. The van der Waals surface area contributed by atoms with Gasteiger partial charge in [0.15, 0.2) is 0 Å². The van der Waals surface area contributed by atoms with Gasteiger partial charge in [-0.15, -0.1) is 0 Å². The Balaban J connectivity index is 1.06. The minimum absolute atomic E-state index is 0.0905. The highest BCUT2D eigenvalue weighted by Crippen LogP contribution is 2.45. The molecule has 10 aromatic rings. The molecule has 0 aliphatic rings. The van der Waals surface area contributed by atoms with Crippen LogP contribution in [0.5, 0.6) is 0 Å². The van der Waals surface area contributed by atoms with E-state index in [1.165, 1.54) is 116 Å². The Bertz CT molecular complexity index is 3190. The van der Waals surface area contributed by atoms with Crippen LogP contribution in [0, 0.1) is 13.8 Å². The lowest BCUT2D eigenvalue weighted by Crippen LogP contribution is -2.10. The fraction of sp³-hybridized carbons (Fsp3) is 0.138. The number of rotatable bonds is 6. The van der Waals surface area contributed by atoms with E-state index in [0.717, 1.165) is 6.54 Å². The van der Waals surface area contributed by atoms with Gasteiger partial charge < -0.3 is 4.57 Å². The minimum atomic E-state index is 0.0905. The first-order chi connectivity index (χ1) is 28.6. The van der Waals surface area contributed by atoms with E-state index in [1.54, 1.807) is 0 Å². The van der Waals surface area contributed by atoms with Gasteiger partial charge in [-0.1, -0.05) is 184 Å². The number of nitrogens with zero attached hydrogens (tertiary/aromatic N) is 1. The summed E-state index contributed by atoms with van der Waals surface area (Å²) in [5.74, 6) is 0. The van der Waals surface area contributed by atoms with Gasteiger partial charge in [0, 0.05) is 28.4 Å². The van der Waals surface area contributed by atoms with Gasteiger partial charge in [-0.25, -0.2) is 0 Å². The molecule has 10 rings (SSSR count). The molecule has 0 radical (unpaired) electrons. The van der Waals surface area contributed by atoms with Crippen molar-refractivity contribution < 1.29 is 0 Å². The Kier molecular flexibility index (Phi) is 8.87. The maximum atomic E-state index is 2.45. The molecule has 0 amide bonds. The zero-order chi connectivity index (χ0) is 40.4. The van der Waals surface area contributed by atoms with Crippen LogP contribution < -0.4 is 0 Å². The number of aryl methyl sites for hydroxylation is 3. The smallest absolute Gasteiger partial charge is 0.0491 e. The molecule has 0 aliphatic heterocycles. The Morgan fingerprint density at radius 3 is 1.24 bits per heavy atom. The summed E-state index contributed by atoms with van der Waals surface area (Å²) < 4.78 is 2.45. The molecule has 0 N–H and O–H groups in total. The van der Waals surface area contributed by atoms with Crippen molar-refractivity contribution in [3.63, 3.8) is 0 Å². The van der Waals surface area contributed by atoms with Gasteiger partial charge in [-0.05, 0) is 133 Å². The zero-order valence-electron chi connectivity index (χ0n) is 34.9. The molecular weight excluding hydrogens is 711 g/mol. The molecule has 0 unspecified atom stereocenters. The maximum absolute atomic E-state index is 2.45. The van der Waals surface area contributed by atoms with Gasteiger partial charge in [0.25, 0.3) is 0 Å². The normalized spacial score (nSPS) is 12.0. The minimum Gasteiger partial charge on any atom is -0.341 e. The molecule has 0 bridgehead atoms.